The highest BCUT2D eigenvalue weighted by Crippen LogP contribution is 2.18. The van der Waals surface area contributed by atoms with Gasteiger partial charge >= 0.3 is 0 Å². The van der Waals surface area contributed by atoms with E-state index >= 15 is 0 Å². The van der Waals surface area contributed by atoms with Crippen LogP contribution in [0.1, 0.15) is 18.1 Å². The van der Waals surface area contributed by atoms with E-state index in [1.54, 1.807) is 7.11 Å². The Morgan fingerprint density at radius 2 is 1.74 bits per heavy atom. The Hall–Kier alpha value is -2.85. The molecule has 0 radical (unpaired) electrons. The maximum atomic E-state index is 12.6. The summed E-state index contributed by atoms with van der Waals surface area (Å²) in [6.45, 7) is 3.10. The van der Waals surface area contributed by atoms with E-state index in [0.717, 1.165) is 11.3 Å². The maximum Gasteiger partial charge on any atom is 0.237 e. The summed E-state index contributed by atoms with van der Waals surface area (Å²) in [4.78, 5) is 14.6. The van der Waals surface area contributed by atoms with Gasteiger partial charge in [0, 0.05) is 18.7 Å². The van der Waals surface area contributed by atoms with Gasteiger partial charge in [0.05, 0.1) is 13.2 Å². The topological polar surface area (TPSA) is 41.6 Å². The van der Waals surface area contributed by atoms with Gasteiger partial charge in [-0.15, -0.1) is 0 Å². The number of para-hydroxylation sites is 1. The van der Waals surface area contributed by atoms with Crippen LogP contribution in [0.5, 0.6) is 5.75 Å². The van der Waals surface area contributed by atoms with Crippen molar-refractivity contribution in [1.82, 2.24) is 10.2 Å². The van der Waals surface area contributed by atoms with Crippen molar-refractivity contribution < 1.29 is 9.53 Å². The highest BCUT2D eigenvalue weighted by molar-refractivity contribution is 5.83. The molecule has 0 aliphatic carbocycles. The van der Waals surface area contributed by atoms with E-state index in [4.69, 9.17) is 4.74 Å². The summed E-state index contributed by atoms with van der Waals surface area (Å²) in [6, 6.07) is 22.2. The molecule has 3 aromatic carbocycles. The number of hydrogen-bond donors (Lipinski definition) is 1. The third kappa shape index (κ3) is 4.66. The second kappa shape index (κ2) is 8.69. The Morgan fingerprint density at radius 1 is 1.04 bits per heavy atom. The number of fused-ring (bicyclic) bond motifs is 1. The molecule has 1 amide bonds. The number of carbonyl (C=O) groups is 1. The first-order valence-corrected chi connectivity index (χ1v) is 9.16. The Labute approximate surface area is 160 Å². The lowest BCUT2D eigenvalue weighted by molar-refractivity contribution is -0.125. The summed E-state index contributed by atoms with van der Waals surface area (Å²) in [5.41, 5.74) is 2.17. The lowest BCUT2D eigenvalue weighted by atomic mass is 10.1. The number of amides is 1. The quantitative estimate of drug-likeness (QED) is 0.691. The first kappa shape index (κ1) is 18.9. The SMILES string of the molecule is COc1ccccc1CNC(=O)[C@H](C)N(C)Cc1ccc2ccccc2c1. The summed E-state index contributed by atoms with van der Waals surface area (Å²) in [5, 5.41) is 5.46. The monoisotopic (exact) mass is 362 g/mol. The molecule has 4 heteroatoms. The van der Waals surface area contributed by atoms with Crippen molar-refractivity contribution in [3.8, 4) is 5.75 Å². The van der Waals surface area contributed by atoms with E-state index in [1.807, 2.05) is 50.4 Å². The van der Waals surface area contributed by atoms with Crippen LogP contribution in [0.15, 0.2) is 66.7 Å². The number of ether oxygens (including phenoxy) is 1. The third-order valence-electron chi connectivity index (χ3n) is 4.93. The van der Waals surface area contributed by atoms with Gasteiger partial charge < -0.3 is 10.1 Å². The number of benzene rings is 3. The Bertz CT molecular complexity index is 923. The normalized spacial score (nSPS) is 12.1. The molecule has 27 heavy (non-hydrogen) atoms. The van der Waals surface area contributed by atoms with Gasteiger partial charge in [-0.2, -0.15) is 0 Å². The minimum absolute atomic E-state index is 0.00388. The smallest absolute Gasteiger partial charge is 0.237 e. The second-order valence-corrected chi connectivity index (χ2v) is 6.80. The minimum atomic E-state index is -0.230. The zero-order valence-corrected chi connectivity index (χ0v) is 16.1. The number of likely N-dealkylation sites (N-methyl/N-ethyl adjacent to an activating group) is 1. The van der Waals surface area contributed by atoms with Crippen molar-refractivity contribution in [3.63, 3.8) is 0 Å². The van der Waals surface area contributed by atoms with Crippen molar-refractivity contribution >= 4 is 16.7 Å². The Kier molecular flexibility index (Phi) is 6.09. The third-order valence-corrected chi connectivity index (χ3v) is 4.93. The number of rotatable bonds is 7. The molecule has 0 saturated carbocycles. The summed E-state index contributed by atoms with van der Waals surface area (Å²) < 4.78 is 5.34. The summed E-state index contributed by atoms with van der Waals surface area (Å²) in [6.07, 6.45) is 0. The molecule has 0 fully saturated rings. The van der Waals surface area contributed by atoms with Crippen molar-refractivity contribution in [2.24, 2.45) is 0 Å². The van der Waals surface area contributed by atoms with Gasteiger partial charge in [0.25, 0.3) is 0 Å². The van der Waals surface area contributed by atoms with E-state index in [0.29, 0.717) is 13.1 Å². The molecule has 4 nitrogen and oxygen atoms in total. The second-order valence-electron chi connectivity index (χ2n) is 6.80. The molecule has 0 spiro atoms. The fraction of sp³-hybridized carbons (Fsp3) is 0.261. The molecular formula is C23H26N2O2. The molecule has 0 aromatic heterocycles. The van der Waals surface area contributed by atoms with Gasteiger partial charge in [-0.1, -0.05) is 54.6 Å². The zero-order chi connectivity index (χ0) is 19.2. The zero-order valence-electron chi connectivity index (χ0n) is 16.1. The van der Waals surface area contributed by atoms with Gasteiger partial charge in [-0.25, -0.2) is 0 Å². The largest absolute Gasteiger partial charge is 0.496 e. The average molecular weight is 362 g/mol. The number of hydrogen-bond acceptors (Lipinski definition) is 3. The first-order valence-electron chi connectivity index (χ1n) is 9.16. The first-order chi connectivity index (χ1) is 13.1. The van der Waals surface area contributed by atoms with E-state index < -0.39 is 0 Å². The van der Waals surface area contributed by atoms with Crippen molar-refractivity contribution in [3.05, 3.63) is 77.9 Å². The summed E-state index contributed by atoms with van der Waals surface area (Å²) in [5.74, 6) is 0.791. The van der Waals surface area contributed by atoms with E-state index in [-0.39, 0.29) is 11.9 Å². The van der Waals surface area contributed by atoms with Gasteiger partial charge in [-0.3, -0.25) is 9.69 Å². The summed E-state index contributed by atoms with van der Waals surface area (Å²) >= 11 is 0. The van der Waals surface area contributed by atoms with Crippen molar-refractivity contribution in [2.45, 2.75) is 26.1 Å². The van der Waals surface area contributed by atoms with Gasteiger partial charge in [0.2, 0.25) is 5.91 Å². The summed E-state index contributed by atoms with van der Waals surface area (Å²) in [7, 11) is 3.61. The lowest BCUT2D eigenvalue weighted by Gasteiger charge is -2.24. The standard InChI is InChI=1S/C23H26N2O2/c1-17(23(26)24-15-21-10-6-7-11-22(21)27-3)25(2)16-18-12-13-19-8-4-5-9-20(19)14-18/h4-14,17H,15-16H2,1-3H3,(H,24,26)/t17-/m0/s1. The van der Waals surface area contributed by atoms with E-state index in [2.05, 4.69) is 40.5 Å². The average Bonchev–Trinajstić information content (AvgIpc) is 2.71. The van der Waals surface area contributed by atoms with Crippen LogP contribution in [0.25, 0.3) is 10.8 Å². The number of carbonyl (C=O) groups excluding carboxylic acids is 1. The molecule has 0 aliphatic rings. The van der Waals surface area contributed by atoms with Crippen LogP contribution in [0.3, 0.4) is 0 Å². The van der Waals surface area contributed by atoms with Crippen LogP contribution in [-0.2, 0) is 17.9 Å². The van der Waals surface area contributed by atoms with Crippen LogP contribution in [0, 0.1) is 0 Å². The number of methoxy groups -OCH3 is 1. The molecule has 0 unspecified atom stereocenters. The highest BCUT2D eigenvalue weighted by atomic mass is 16.5. The molecule has 140 valence electrons. The molecular weight excluding hydrogens is 336 g/mol. The number of nitrogens with one attached hydrogen (secondary N) is 1. The van der Waals surface area contributed by atoms with Crippen LogP contribution >= 0.6 is 0 Å². The van der Waals surface area contributed by atoms with Gasteiger partial charge in [0.15, 0.2) is 0 Å². The van der Waals surface area contributed by atoms with Gasteiger partial charge in [-0.05, 0) is 42.4 Å². The maximum absolute atomic E-state index is 12.6. The van der Waals surface area contributed by atoms with Crippen molar-refractivity contribution in [2.75, 3.05) is 14.2 Å². The Balaban J connectivity index is 1.60. The predicted molar refractivity (Wildman–Crippen MR) is 110 cm³/mol. The van der Waals surface area contributed by atoms with Crippen LogP contribution in [0.2, 0.25) is 0 Å². The number of nitrogens with zero attached hydrogens (tertiary/aromatic N) is 1. The van der Waals surface area contributed by atoms with E-state index in [9.17, 15) is 4.79 Å². The van der Waals surface area contributed by atoms with E-state index in [1.165, 1.54) is 16.3 Å². The fourth-order valence-electron chi connectivity index (χ4n) is 3.14. The molecule has 3 aromatic rings. The predicted octanol–water partition coefficient (Wildman–Crippen LogP) is 3.99. The lowest BCUT2D eigenvalue weighted by Crippen LogP contribution is -2.42. The minimum Gasteiger partial charge on any atom is -0.496 e. The fourth-order valence-corrected chi connectivity index (χ4v) is 3.14. The van der Waals surface area contributed by atoms with Crippen LogP contribution in [0.4, 0.5) is 0 Å². The Morgan fingerprint density at radius 3 is 2.52 bits per heavy atom. The molecule has 0 heterocycles. The van der Waals surface area contributed by atoms with Crippen LogP contribution < -0.4 is 10.1 Å². The highest BCUT2D eigenvalue weighted by Gasteiger charge is 2.18. The van der Waals surface area contributed by atoms with Crippen molar-refractivity contribution in [1.29, 1.82) is 0 Å². The molecule has 1 atom stereocenters. The molecule has 0 aliphatic heterocycles. The molecule has 3 rings (SSSR count). The van der Waals surface area contributed by atoms with Crippen LogP contribution in [-0.4, -0.2) is 31.0 Å². The molecule has 1 N–H and O–H groups in total. The molecule has 0 saturated heterocycles. The van der Waals surface area contributed by atoms with Gasteiger partial charge in [0.1, 0.15) is 5.75 Å². The molecule has 0 bridgehead atoms.